The van der Waals surface area contributed by atoms with Crippen molar-refractivity contribution in [3.8, 4) is 0 Å². The molecular weight excluding hydrogens is 309 g/mol. The number of sulfonamides is 1. The molecule has 0 aliphatic rings. The third kappa shape index (κ3) is 4.93. The monoisotopic (exact) mass is 325 g/mol. The maximum atomic E-state index is 12.1. The first-order valence-corrected chi connectivity index (χ1v) is 8.08. The van der Waals surface area contributed by atoms with E-state index in [2.05, 4.69) is 4.72 Å². The molecule has 1 unspecified atom stereocenters. The minimum Gasteiger partial charge on any atom is -0.395 e. The van der Waals surface area contributed by atoms with Gasteiger partial charge in [0.05, 0.1) is 21.5 Å². The van der Waals surface area contributed by atoms with Gasteiger partial charge in [-0.3, -0.25) is 0 Å². The Bertz CT molecular complexity index is 532. The first-order chi connectivity index (χ1) is 8.76. The molecule has 0 aromatic heterocycles. The van der Waals surface area contributed by atoms with Gasteiger partial charge >= 0.3 is 0 Å². The molecule has 0 spiro atoms. The van der Waals surface area contributed by atoms with Crippen molar-refractivity contribution in [2.24, 2.45) is 5.92 Å². The van der Waals surface area contributed by atoms with Crippen LogP contribution >= 0.6 is 23.2 Å². The van der Waals surface area contributed by atoms with Crippen LogP contribution in [-0.4, -0.2) is 26.2 Å². The van der Waals surface area contributed by atoms with Crippen LogP contribution in [0.3, 0.4) is 0 Å². The van der Waals surface area contributed by atoms with Crippen molar-refractivity contribution in [1.29, 1.82) is 0 Å². The summed E-state index contributed by atoms with van der Waals surface area (Å²) in [6.45, 7) is 3.66. The lowest BCUT2D eigenvalue weighted by molar-refractivity contribution is 0.240. The van der Waals surface area contributed by atoms with Gasteiger partial charge in [-0.25, -0.2) is 13.1 Å². The number of benzene rings is 1. The molecule has 0 saturated carbocycles. The molecule has 0 saturated heterocycles. The molecule has 1 aromatic carbocycles. The van der Waals surface area contributed by atoms with Gasteiger partial charge in [-0.2, -0.15) is 0 Å². The van der Waals surface area contributed by atoms with Crippen LogP contribution in [-0.2, 0) is 10.0 Å². The van der Waals surface area contributed by atoms with Crippen molar-refractivity contribution >= 4 is 33.2 Å². The summed E-state index contributed by atoms with van der Waals surface area (Å²) in [5.41, 5.74) is 0. The molecule has 7 heteroatoms. The first kappa shape index (κ1) is 16.7. The van der Waals surface area contributed by atoms with E-state index in [1.165, 1.54) is 18.2 Å². The Morgan fingerprint density at radius 2 is 1.89 bits per heavy atom. The Morgan fingerprint density at radius 1 is 1.26 bits per heavy atom. The van der Waals surface area contributed by atoms with Crippen LogP contribution in [0.4, 0.5) is 0 Å². The van der Waals surface area contributed by atoms with E-state index < -0.39 is 16.1 Å². The molecule has 108 valence electrons. The zero-order chi connectivity index (χ0) is 14.6. The van der Waals surface area contributed by atoms with Crippen molar-refractivity contribution in [3.63, 3.8) is 0 Å². The molecule has 0 aliphatic heterocycles. The molecule has 0 aliphatic carbocycles. The second kappa shape index (κ2) is 6.90. The van der Waals surface area contributed by atoms with E-state index in [9.17, 15) is 13.5 Å². The molecule has 0 fully saturated rings. The van der Waals surface area contributed by atoms with Gasteiger partial charge in [0.15, 0.2) is 0 Å². The summed E-state index contributed by atoms with van der Waals surface area (Å²) in [5, 5.41) is 9.68. The maximum Gasteiger partial charge on any atom is 0.240 e. The lowest BCUT2D eigenvalue weighted by Crippen LogP contribution is -2.38. The number of hydrogen-bond acceptors (Lipinski definition) is 3. The van der Waals surface area contributed by atoms with E-state index in [1.807, 2.05) is 13.8 Å². The molecule has 19 heavy (non-hydrogen) atoms. The maximum absolute atomic E-state index is 12.1. The van der Waals surface area contributed by atoms with Crippen molar-refractivity contribution in [2.75, 3.05) is 6.61 Å². The largest absolute Gasteiger partial charge is 0.395 e. The van der Waals surface area contributed by atoms with E-state index in [0.717, 1.165) is 0 Å². The third-order valence-electron chi connectivity index (χ3n) is 2.50. The zero-order valence-corrected chi connectivity index (χ0v) is 13.1. The average molecular weight is 326 g/mol. The Hall–Kier alpha value is -0.330. The highest BCUT2D eigenvalue weighted by Crippen LogP contribution is 2.25. The molecule has 2 N–H and O–H groups in total. The normalized spacial score (nSPS) is 13.8. The Labute approximate surface area is 123 Å². The standard InChI is InChI=1S/C12H17Cl2NO3S/c1-8(2)5-9(7-16)15-19(17,18)10-3-4-11(13)12(14)6-10/h3-4,6,8-9,15-16H,5,7H2,1-2H3. The number of rotatable bonds is 6. The predicted molar refractivity (Wildman–Crippen MR) is 77.1 cm³/mol. The summed E-state index contributed by atoms with van der Waals surface area (Å²) in [5.74, 6) is 0.272. The Balaban J connectivity index is 2.93. The summed E-state index contributed by atoms with van der Waals surface area (Å²) in [6.07, 6.45) is 0.553. The first-order valence-electron chi connectivity index (χ1n) is 5.84. The topological polar surface area (TPSA) is 66.4 Å². The van der Waals surface area contributed by atoms with Gasteiger partial charge in [0.25, 0.3) is 0 Å². The van der Waals surface area contributed by atoms with Crippen LogP contribution in [0.2, 0.25) is 10.0 Å². The van der Waals surface area contributed by atoms with Crippen LogP contribution in [0.5, 0.6) is 0 Å². The second-order valence-electron chi connectivity index (χ2n) is 4.71. The number of aliphatic hydroxyl groups is 1. The van der Waals surface area contributed by atoms with Gasteiger partial charge in [-0.05, 0) is 30.5 Å². The number of nitrogens with one attached hydrogen (secondary N) is 1. The predicted octanol–water partition coefficient (Wildman–Crippen LogP) is 2.68. The number of hydrogen-bond donors (Lipinski definition) is 2. The highest BCUT2D eigenvalue weighted by atomic mass is 35.5. The molecule has 1 atom stereocenters. The summed E-state index contributed by atoms with van der Waals surface area (Å²) >= 11 is 11.5. The molecule has 0 bridgehead atoms. The average Bonchev–Trinajstić information content (AvgIpc) is 2.30. The second-order valence-corrected chi connectivity index (χ2v) is 7.23. The summed E-state index contributed by atoms with van der Waals surface area (Å²) in [4.78, 5) is 0.0316. The van der Waals surface area contributed by atoms with Crippen LogP contribution in [0.15, 0.2) is 23.1 Å². The van der Waals surface area contributed by atoms with Crippen molar-refractivity contribution < 1.29 is 13.5 Å². The summed E-state index contributed by atoms with van der Waals surface area (Å²) in [7, 11) is -3.71. The molecular formula is C12H17Cl2NO3S. The lowest BCUT2D eigenvalue weighted by Gasteiger charge is -2.18. The number of aliphatic hydroxyl groups excluding tert-OH is 1. The van der Waals surface area contributed by atoms with Gasteiger partial charge in [-0.15, -0.1) is 0 Å². The van der Waals surface area contributed by atoms with Crippen LogP contribution in [0.1, 0.15) is 20.3 Å². The van der Waals surface area contributed by atoms with Crippen LogP contribution < -0.4 is 4.72 Å². The SMILES string of the molecule is CC(C)CC(CO)NS(=O)(=O)c1ccc(Cl)c(Cl)c1. The number of halogens is 2. The fourth-order valence-corrected chi connectivity index (χ4v) is 3.29. The van der Waals surface area contributed by atoms with E-state index in [-0.39, 0.29) is 22.4 Å². The molecule has 0 amide bonds. The molecule has 1 rings (SSSR count). The van der Waals surface area contributed by atoms with E-state index in [4.69, 9.17) is 23.2 Å². The highest BCUT2D eigenvalue weighted by Gasteiger charge is 2.21. The summed E-state index contributed by atoms with van der Waals surface area (Å²) < 4.78 is 26.7. The quantitative estimate of drug-likeness (QED) is 0.845. The van der Waals surface area contributed by atoms with Crippen molar-refractivity contribution in [2.45, 2.75) is 31.2 Å². The molecule has 0 heterocycles. The Kier molecular flexibility index (Phi) is 6.08. The lowest BCUT2D eigenvalue weighted by atomic mass is 10.1. The van der Waals surface area contributed by atoms with E-state index in [0.29, 0.717) is 11.4 Å². The van der Waals surface area contributed by atoms with E-state index >= 15 is 0 Å². The minimum absolute atomic E-state index is 0.0316. The van der Waals surface area contributed by atoms with Gasteiger partial charge in [0.1, 0.15) is 0 Å². The van der Waals surface area contributed by atoms with Crippen molar-refractivity contribution in [1.82, 2.24) is 4.72 Å². The molecule has 0 radical (unpaired) electrons. The van der Waals surface area contributed by atoms with E-state index in [1.54, 1.807) is 0 Å². The fourth-order valence-electron chi connectivity index (χ4n) is 1.66. The van der Waals surface area contributed by atoms with Gasteiger partial charge in [0.2, 0.25) is 10.0 Å². The molecule has 1 aromatic rings. The Morgan fingerprint density at radius 3 is 2.37 bits per heavy atom. The van der Waals surface area contributed by atoms with Crippen LogP contribution in [0.25, 0.3) is 0 Å². The van der Waals surface area contributed by atoms with Gasteiger partial charge in [0, 0.05) is 6.04 Å². The van der Waals surface area contributed by atoms with Crippen molar-refractivity contribution in [3.05, 3.63) is 28.2 Å². The highest BCUT2D eigenvalue weighted by molar-refractivity contribution is 7.89. The molecule has 4 nitrogen and oxygen atoms in total. The van der Waals surface area contributed by atoms with Gasteiger partial charge in [-0.1, -0.05) is 37.0 Å². The fraction of sp³-hybridized carbons (Fsp3) is 0.500. The smallest absolute Gasteiger partial charge is 0.240 e. The summed E-state index contributed by atoms with van der Waals surface area (Å²) in [6, 6.07) is 3.57. The zero-order valence-electron chi connectivity index (χ0n) is 10.7. The third-order valence-corrected chi connectivity index (χ3v) is 4.76. The minimum atomic E-state index is -3.71. The van der Waals surface area contributed by atoms with Gasteiger partial charge < -0.3 is 5.11 Å². The van der Waals surface area contributed by atoms with Crippen LogP contribution in [0, 0.1) is 5.92 Å².